The summed E-state index contributed by atoms with van der Waals surface area (Å²) in [4.78, 5) is 11.0. The highest BCUT2D eigenvalue weighted by Gasteiger charge is 2.20. The van der Waals surface area contributed by atoms with Gasteiger partial charge in [0.1, 0.15) is 0 Å². The number of aliphatic carboxylic acids is 1. The molecular formula is C15H20O4. The van der Waals surface area contributed by atoms with E-state index in [0.29, 0.717) is 11.5 Å². The minimum absolute atomic E-state index is 0.261. The predicted octanol–water partition coefficient (Wildman–Crippen LogP) is 3.20. The first-order chi connectivity index (χ1) is 9.11. The van der Waals surface area contributed by atoms with E-state index in [1.807, 2.05) is 6.07 Å². The SMILES string of the molecule is COc1cc(C(C)C(=O)O)ccc1OC1CCCC1. The second kappa shape index (κ2) is 5.95. The second-order valence-corrected chi connectivity index (χ2v) is 4.99. The van der Waals surface area contributed by atoms with E-state index in [1.165, 1.54) is 12.8 Å². The lowest BCUT2D eigenvalue weighted by Gasteiger charge is -2.17. The van der Waals surface area contributed by atoms with E-state index in [-0.39, 0.29) is 6.10 Å². The zero-order valence-corrected chi connectivity index (χ0v) is 11.4. The van der Waals surface area contributed by atoms with Gasteiger partial charge in [0.2, 0.25) is 0 Å². The smallest absolute Gasteiger partial charge is 0.310 e. The highest BCUT2D eigenvalue weighted by atomic mass is 16.5. The number of carboxylic acid groups (broad SMARTS) is 1. The maximum absolute atomic E-state index is 11.0. The molecule has 1 aromatic rings. The Balaban J connectivity index is 2.18. The summed E-state index contributed by atoms with van der Waals surface area (Å²) in [6.45, 7) is 1.66. The second-order valence-electron chi connectivity index (χ2n) is 4.99. The first-order valence-electron chi connectivity index (χ1n) is 6.69. The van der Waals surface area contributed by atoms with Crippen molar-refractivity contribution in [3.8, 4) is 11.5 Å². The van der Waals surface area contributed by atoms with Crippen LogP contribution in [0.25, 0.3) is 0 Å². The standard InChI is InChI=1S/C15H20O4/c1-10(15(16)17)11-7-8-13(14(9-11)18-2)19-12-5-3-4-6-12/h7-10,12H,3-6H2,1-2H3,(H,16,17). The van der Waals surface area contributed by atoms with Gasteiger partial charge in [-0.3, -0.25) is 4.79 Å². The van der Waals surface area contributed by atoms with Crippen LogP contribution in [0, 0.1) is 0 Å². The van der Waals surface area contributed by atoms with Crippen molar-refractivity contribution in [3.63, 3.8) is 0 Å². The summed E-state index contributed by atoms with van der Waals surface area (Å²) in [5.74, 6) is -0.0748. The van der Waals surface area contributed by atoms with Crippen LogP contribution in [-0.2, 0) is 4.79 Å². The van der Waals surface area contributed by atoms with E-state index in [0.717, 1.165) is 18.4 Å². The zero-order chi connectivity index (χ0) is 13.8. The van der Waals surface area contributed by atoms with Gasteiger partial charge in [-0.15, -0.1) is 0 Å². The fraction of sp³-hybridized carbons (Fsp3) is 0.533. The van der Waals surface area contributed by atoms with Crippen molar-refractivity contribution >= 4 is 5.97 Å². The molecule has 1 unspecified atom stereocenters. The molecular weight excluding hydrogens is 244 g/mol. The lowest BCUT2D eigenvalue weighted by molar-refractivity contribution is -0.138. The lowest BCUT2D eigenvalue weighted by atomic mass is 10.0. The molecule has 0 aliphatic heterocycles. The van der Waals surface area contributed by atoms with E-state index in [4.69, 9.17) is 14.6 Å². The zero-order valence-electron chi connectivity index (χ0n) is 11.4. The monoisotopic (exact) mass is 264 g/mol. The number of benzene rings is 1. The van der Waals surface area contributed by atoms with E-state index in [9.17, 15) is 4.79 Å². The van der Waals surface area contributed by atoms with Gasteiger partial charge >= 0.3 is 5.97 Å². The fourth-order valence-electron chi connectivity index (χ4n) is 2.38. The molecule has 104 valence electrons. The molecule has 2 rings (SSSR count). The average Bonchev–Trinajstić information content (AvgIpc) is 2.91. The molecule has 19 heavy (non-hydrogen) atoms. The Hall–Kier alpha value is -1.71. The van der Waals surface area contributed by atoms with E-state index >= 15 is 0 Å². The number of ether oxygens (including phenoxy) is 2. The molecule has 0 aromatic heterocycles. The van der Waals surface area contributed by atoms with Crippen molar-refractivity contribution in [2.24, 2.45) is 0 Å². The van der Waals surface area contributed by atoms with Crippen molar-refractivity contribution in [2.75, 3.05) is 7.11 Å². The summed E-state index contributed by atoms with van der Waals surface area (Å²) in [5, 5.41) is 9.03. The molecule has 1 fully saturated rings. The summed E-state index contributed by atoms with van der Waals surface area (Å²) in [6.07, 6.45) is 4.84. The maximum Gasteiger partial charge on any atom is 0.310 e. The van der Waals surface area contributed by atoms with E-state index in [1.54, 1.807) is 26.2 Å². The third-order valence-corrected chi connectivity index (χ3v) is 3.65. The molecule has 1 aliphatic carbocycles. The summed E-state index contributed by atoms with van der Waals surface area (Å²) < 4.78 is 11.2. The number of carbonyl (C=O) groups is 1. The van der Waals surface area contributed by atoms with Crippen LogP contribution in [-0.4, -0.2) is 24.3 Å². The number of hydrogen-bond donors (Lipinski definition) is 1. The average molecular weight is 264 g/mol. The van der Waals surface area contributed by atoms with Crippen LogP contribution in [0.3, 0.4) is 0 Å². The molecule has 4 nitrogen and oxygen atoms in total. The van der Waals surface area contributed by atoms with Gasteiger partial charge in [0, 0.05) is 0 Å². The van der Waals surface area contributed by atoms with Crippen LogP contribution in [0.5, 0.6) is 11.5 Å². The molecule has 0 radical (unpaired) electrons. The largest absolute Gasteiger partial charge is 0.493 e. The van der Waals surface area contributed by atoms with Crippen molar-refractivity contribution in [2.45, 2.75) is 44.6 Å². The summed E-state index contributed by atoms with van der Waals surface area (Å²) in [6, 6.07) is 5.36. The highest BCUT2D eigenvalue weighted by Crippen LogP contribution is 2.34. The van der Waals surface area contributed by atoms with Gasteiger partial charge in [-0.05, 0) is 50.3 Å². The van der Waals surface area contributed by atoms with Crippen molar-refractivity contribution in [1.82, 2.24) is 0 Å². The van der Waals surface area contributed by atoms with Crippen molar-refractivity contribution in [1.29, 1.82) is 0 Å². The molecule has 1 N–H and O–H groups in total. The molecule has 1 aliphatic rings. The maximum atomic E-state index is 11.0. The van der Waals surface area contributed by atoms with Crippen molar-refractivity contribution < 1.29 is 19.4 Å². The van der Waals surface area contributed by atoms with Gasteiger partial charge in [0.05, 0.1) is 19.1 Å². The minimum atomic E-state index is -0.841. The topological polar surface area (TPSA) is 55.8 Å². The van der Waals surface area contributed by atoms with Crippen LogP contribution in [0.2, 0.25) is 0 Å². The van der Waals surface area contributed by atoms with E-state index < -0.39 is 11.9 Å². The van der Waals surface area contributed by atoms with Gasteiger partial charge in [-0.1, -0.05) is 6.07 Å². The van der Waals surface area contributed by atoms with E-state index in [2.05, 4.69) is 0 Å². The number of hydrogen-bond acceptors (Lipinski definition) is 3. The van der Waals surface area contributed by atoms with Gasteiger partial charge in [0.15, 0.2) is 11.5 Å². The fourth-order valence-corrected chi connectivity index (χ4v) is 2.38. The molecule has 1 aromatic carbocycles. The first kappa shape index (κ1) is 13.7. The predicted molar refractivity (Wildman–Crippen MR) is 71.9 cm³/mol. The van der Waals surface area contributed by atoms with Crippen LogP contribution in [0.4, 0.5) is 0 Å². The molecule has 4 heteroatoms. The molecule has 0 saturated heterocycles. The van der Waals surface area contributed by atoms with Crippen LogP contribution >= 0.6 is 0 Å². The Kier molecular flexibility index (Phi) is 4.30. The van der Waals surface area contributed by atoms with Gasteiger partial charge in [0.25, 0.3) is 0 Å². The molecule has 1 saturated carbocycles. The van der Waals surface area contributed by atoms with Gasteiger partial charge < -0.3 is 14.6 Å². The summed E-state index contributed by atoms with van der Waals surface area (Å²) in [7, 11) is 1.58. The quantitative estimate of drug-likeness (QED) is 0.887. The molecule has 0 spiro atoms. The minimum Gasteiger partial charge on any atom is -0.493 e. The number of carboxylic acids is 1. The Labute approximate surface area is 113 Å². The van der Waals surface area contributed by atoms with Crippen LogP contribution in [0.1, 0.15) is 44.1 Å². The third-order valence-electron chi connectivity index (χ3n) is 3.65. The Bertz CT molecular complexity index is 449. The molecule has 1 atom stereocenters. The van der Waals surface area contributed by atoms with Crippen LogP contribution < -0.4 is 9.47 Å². The van der Waals surface area contributed by atoms with Crippen LogP contribution in [0.15, 0.2) is 18.2 Å². The molecule has 0 bridgehead atoms. The normalized spacial score (nSPS) is 17.2. The van der Waals surface area contributed by atoms with Gasteiger partial charge in [-0.25, -0.2) is 0 Å². The van der Waals surface area contributed by atoms with Crippen molar-refractivity contribution in [3.05, 3.63) is 23.8 Å². The molecule has 0 amide bonds. The molecule has 0 heterocycles. The highest BCUT2D eigenvalue weighted by molar-refractivity contribution is 5.75. The summed E-state index contributed by atoms with van der Waals surface area (Å²) in [5.41, 5.74) is 0.725. The van der Waals surface area contributed by atoms with Gasteiger partial charge in [-0.2, -0.15) is 0 Å². The summed E-state index contributed by atoms with van der Waals surface area (Å²) >= 11 is 0. The lowest BCUT2D eigenvalue weighted by Crippen LogP contribution is -2.12. The number of methoxy groups -OCH3 is 1. The number of rotatable bonds is 5. The third kappa shape index (κ3) is 3.19. The Morgan fingerprint density at radius 3 is 2.58 bits per heavy atom. The Morgan fingerprint density at radius 1 is 1.32 bits per heavy atom. The first-order valence-corrected chi connectivity index (χ1v) is 6.69. The Morgan fingerprint density at radius 2 is 2.00 bits per heavy atom.